The summed E-state index contributed by atoms with van der Waals surface area (Å²) in [4.78, 5) is 0. The quantitative estimate of drug-likeness (QED) is 0.266. The molecule has 1 unspecified atom stereocenters. The van der Waals surface area contributed by atoms with E-state index in [1.807, 2.05) is 0 Å². The SMILES string of the molecule is C=CCOC(C)C=NO. The Balaban J connectivity index is 3.25. The lowest BCUT2D eigenvalue weighted by Crippen LogP contribution is -2.08. The van der Waals surface area contributed by atoms with Crippen LogP contribution in [-0.2, 0) is 4.74 Å². The predicted molar refractivity (Wildman–Crippen MR) is 35.9 cm³/mol. The Bertz CT molecular complexity index is 101. The zero-order chi connectivity index (χ0) is 7.11. The molecule has 0 rings (SSSR count). The molecule has 9 heavy (non-hydrogen) atoms. The summed E-state index contributed by atoms with van der Waals surface area (Å²) >= 11 is 0. The highest BCUT2D eigenvalue weighted by molar-refractivity contribution is 5.61. The van der Waals surface area contributed by atoms with E-state index >= 15 is 0 Å². The Kier molecular flexibility index (Phi) is 4.82. The second kappa shape index (κ2) is 5.31. The van der Waals surface area contributed by atoms with Crippen LogP contribution in [0.3, 0.4) is 0 Å². The number of rotatable bonds is 4. The van der Waals surface area contributed by atoms with Gasteiger partial charge in [0.2, 0.25) is 0 Å². The van der Waals surface area contributed by atoms with Gasteiger partial charge in [-0.2, -0.15) is 0 Å². The molecule has 0 aromatic carbocycles. The molecular formula is C6H11NO2. The minimum atomic E-state index is -0.145. The van der Waals surface area contributed by atoms with Gasteiger partial charge in [-0.25, -0.2) is 0 Å². The third kappa shape index (κ3) is 5.03. The van der Waals surface area contributed by atoms with Crippen molar-refractivity contribution in [2.45, 2.75) is 13.0 Å². The minimum absolute atomic E-state index is 0.145. The Morgan fingerprint density at radius 1 is 1.89 bits per heavy atom. The molecule has 3 nitrogen and oxygen atoms in total. The van der Waals surface area contributed by atoms with Crippen molar-refractivity contribution in [2.75, 3.05) is 6.61 Å². The van der Waals surface area contributed by atoms with E-state index in [0.29, 0.717) is 6.61 Å². The molecule has 0 heterocycles. The van der Waals surface area contributed by atoms with Crippen molar-refractivity contribution >= 4 is 6.21 Å². The van der Waals surface area contributed by atoms with Crippen molar-refractivity contribution in [3.8, 4) is 0 Å². The van der Waals surface area contributed by atoms with Crippen molar-refractivity contribution in [2.24, 2.45) is 5.16 Å². The normalized spacial score (nSPS) is 13.9. The lowest BCUT2D eigenvalue weighted by atomic mass is 10.4. The Hall–Kier alpha value is -0.830. The smallest absolute Gasteiger partial charge is 0.0935 e. The highest BCUT2D eigenvalue weighted by atomic mass is 16.5. The summed E-state index contributed by atoms with van der Waals surface area (Å²) in [5, 5.41) is 10.8. The molecule has 0 saturated heterocycles. The van der Waals surface area contributed by atoms with Gasteiger partial charge >= 0.3 is 0 Å². The lowest BCUT2D eigenvalue weighted by molar-refractivity contribution is 0.137. The Morgan fingerprint density at radius 3 is 3.00 bits per heavy atom. The first-order valence-corrected chi connectivity index (χ1v) is 2.71. The maximum absolute atomic E-state index is 8.00. The molecule has 0 aliphatic rings. The van der Waals surface area contributed by atoms with Gasteiger partial charge in [0.05, 0.1) is 18.9 Å². The summed E-state index contributed by atoms with van der Waals surface area (Å²) in [7, 11) is 0. The van der Waals surface area contributed by atoms with Crippen molar-refractivity contribution < 1.29 is 9.94 Å². The lowest BCUT2D eigenvalue weighted by Gasteiger charge is -2.02. The van der Waals surface area contributed by atoms with Crippen LogP contribution in [0.25, 0.3) is 0 Å². The Labute approximate surface area is 54.6 Å². The molecule has 0 aliphatic carbocycles. The topological polar surface area (TPSA) is 41.8 Å². The molecular weight excluding hydrogens is 118 g/mol. The van der Waals surface area contributed by atoms with E-state index in [2.05, 4.69) is 11.7 Å². The third-order valence-corrected chi connectivity index (χ3v) is 0.754. The molecule has 0 fully saturated rings. The molecule has 1 N–H and O–H groups in total. The molecule has 0 saturated carbocycles. The van der Waals surface area contributed by atoms with E-state index in [9.17, 15) is 0 Å². The summed E-state index contributed by atoms with van der Waals surface area (Å²) < 4.78 is 5.00. The van der Waals surface area contributed by atoms with E-state index in [-0.39, 0.29) is 6.10 Å². The minimum Gasteiger partial charge on any atom is -0.411 e. The van der Waals surface area contributed by atoms with Crippen molar-refractivity contribution in [1.82, 2.24) is 0 Å². The van der Waals surface area contributed by atoms with Crippen LogP contribution in [0.15, 0.2) is 17.8 Å². The highest BCUT2D eigenvalue weighted by Gasteiger charge is 1.92. The van der Waals surface area contributed by atoms with Crippen LogP contribution in [0.5, 0.6) is 0 Å². The van der Waals surface area contributed by atoms with Crippen LogP contribution in [-0.4, -0.2) is 24.1 Å². The maximum atomic E-state index is 8.00. The number of oxime groups is 1. The molecule has 3 heteroatoms. The molecule has 0 bridgehead atoms. The van der Waals surface area contributed by atoms with Crippen molar-refractivity contribution in [1.29, 1.82) is 0 Å². The first-order chi connectivity index (χ1) is 4.31. The van der Waals surface area contributed by atoms with Gasteiger partial charge in [0.15, 0.2) is 0 Å². The average molecular weight is 129 g/mol. The van der Waals surface area contributed by atoms with Crippen molar-refractivity contribution in [3.63, 3.8) is 0 Å². The zero-order valence-corrected chi connectivity index (χ0v) is 5.45. The summed E-state index contributed by atoms with van der Waals surface area (Å²) in [6.45, 7) is 5.72. The summed E-state index contributed by atoms with van der Waals surface area (Å²) in [5.74, 6) is 0. The zero-order valence-electron chi connectivity index (χ0n) is 5.45. The summed E-state index contributed by atoms with van der Waals surface area (Å²) in [5.41, 5.74) is 0. The van der Waals surface area contributed by atoms with Crippen LogP contribution in [0.4, 0.5) is 0 Å². The van der Waals surface area contributed by atoms with Gasteiger partial charge in [0.25, 0.3) is 0 Å². The van der Waals surface area contributed by atoms with E-state index < -0.39 is 0 Å². The molecule has 0 amide bonds. The summed E-state index contributed by atoms with van der Waals surface area (Å²) in [6, 6.07) is 0. The van der Waals surface area contributed by atoms with Crippen LogP contribution in [0.2, 0.25) is 0 Å². The Morgan fingerprint density at radius 2 is 2.56 bits per heavy atom. The third-order valence-electron chi connectivity index (χ3n) is 0.754. The fourth-order valence-corrected chi connectivity index (χ4v) is 0.357. The van der Waals surface area contributed by atoms with Crippen LogP contribution >= 0.6 is 0 Å². The van der Waals surface area contributed by atoms with Gasteiger partial charge in [0.1, 0.15) is 0 Å². The number of nitrogens with zero attached hydrogens (tertiary/aromatic N) is 1. The maximum Gasteiger partial charge on any atom is 0.0935 e. The fraction of sp³-hybridized carbons (Fsp3) is 0.500. The van der Waals surface area contributed by atoms with Gasteiger partial charge in [-0.1, -0.05) is 11.2 Å². The molecule has 0 aromatic heterocycles. The molecule has 1 atom stereocenters. The molecule has 0 spiro atoms. The van der Waals surface area contributed by atoms with Gasteiger partial charge in [-0.15, -0.1) is 6.58 Å². The fourth-order valence-electron chi connectivity index (χ4n) is 0.357. The largest absolute Gasteiger partial charge is 0.411 e. The predicted octanol–water partition coefficient (Wildman–Crippen LogP) is 1.04. The van der Waals surface area contributed by atoms with E-state index in [4.69, 9.17) is 9.94 Å². The van der Waals surface area contributed by atoms with Crippen LogP contribution in [0, 0.1) is 0 Å². The van der Waals surface area contributed by atoms with Crippen molar-refractivity contribution in [3.05, 3.63) is 12.7 Å². The number of ether oxygens (including phenoxy) is 1. The second-order valence-corrected chi connectivity index (χ2v) is 1.59. The standard InChI is InChI=1S/C6H11NO2/c1-3-4-9-6(2)5-7-8/h3,5-6,8H,1,4H2,2H3. The van der Waals surface area contributed by atoms with Gasteiger partial charge in [0, 0.05) is 0 Å². The molecule has 0 aliphatic heterocycles. The average Bonchev–Trinajstić information content (AvgIpc) is 1.85. The van der Waals surface area contributed by atoms with E-state index in [1.54, 1.807) is 13.0 Å². The molecule has 0 aromatic rings. The first kappa shape index (κ1) is 8.17. The first-order valence-electron chi connectivity index (χ1n) is 2.71. The summed E-state index contributed by atoms with van der Waals surface area (Å²) in [6.07, 6.45) is 2.80. The highest BCUT2D eigenvalue weighted by Crippen LogP contribution is 1.84. The monoisotopic (exact) mass is 129 g/mol. The van der Waals surface area contributed by atoms with E-state index in [0.717, 1.165) is 0 Å². The van der Waals surface area contributed by atoms with Gasteiger partial charge < -0.3 is 9.94 Å². The number of hydrogen-bond donors (Lipinski definition) is 1. The van der Waals surface area contributed by atoms with E-state index in [1.165, 1.54) is 6.21 Å². The van der Waals surface area contributed by atoms with Gasteiger partial charge in [-0.3, -0.25) is 0 Å². The number of hydrogen-bond acceptors (Lipinski definition) is 3. The molecule has 0 radical (unpaired) electrons. The van der Waals surface area contributed by atoms with Crippen LogP contribution < -0.4 is 0 Å². The van der Waals surface area contributed by atoms with Crippen LogP contribution in [0.1, 0.15) is 6.92 Å². The second-order valence-electron chi connectivity index (χ2n) is 1.59. The van der Waals surface area contributed by atoms with Gasteiger partial charge in [-0.05, 0) is 6.92 Å². The molecule has 52 valence electrons.